The van der Waals surface area contributed by atoms with Gasteiger partial charge in [0.25, 0.3) is 0 Å². The minimum absolute atomic E-state index is 0.0125. The van der Waals surface area contributed by atoms with Crippen LogP contribution in [0.25, 0.3) is 10.9 Å². The lowest BCUT2D eigenvalue weighted by Gasteiger charge is -2.29. The highest BCUT2D eigenvalue weighted by Gasteiger charge is 2.40. The highest BCUT2D eigenvalue weighted by atomic mass is 16.5. The van der Waals surface area contributed by atoms with Crippen molar-refractivity contribution >= 4 is 23.3 Å². The van der Waals surface area contributed by atoms with E-state index in [1.807, 2.05) is 24.3 Å². The van der Waals surface area contributed by atoms with Crippen LogP contribution in [0.5, 0.6) is 5.75 Å². The van der Waals surface area contributed by atoms with E-state index in [-0.39, 0.29) is 5.60 Å². The number of hydrogen-bond acceptors (Lipinski definition) is 6. The van der Waals surface area contributed by atoms with E-state index >= 15 is 0 Å². The van der Waals surface area contributed by atoms with Crippen molar-refractivity contribution in [3.8, 4) is 5.75 Å². The second-order valence-corrected chi connectivity index (χ2v) is 7.34. The molecule has 1 aliphatic carbocycles. The van der Waals surface area contributed by atoms with Gasteiger partial charge in [0.15, 0.2) is 0 Å². The number of aliphatic imine (C=N–C) groups is 2. The van der Waals surface area contributed by atoms with Crippen molar-refractivity contribution in [1.82, 2.24) is 20.4 Å². The largest absolute Gasteiger partial charge is 0.488 e. The molecule has 7 heteroatoms. The molecule has 7 nitrogen and oxygen atoms in total. The predicted molar refractivity (Wildman–Crippen MR) is 109 cm³/mol. The van der Waals surface area contributed by atoms with Crippen molar-refractivity contribution in [2.75, 3.05) is 33.2 Å². The maximum atomic E-state index is 6.12. The summed E-state index contributed by atoms with van der Waals surface area (Å²) in [6, 6.07) is 6.04. The van der Waals surface area contributed by atoms with Crippen molar-refractivity contribution < 1.29 is 4.74 Å². The number of piperazine rings is 1. The number of benzene rings is 1. The Bertz CT molecular complexity index is 902. The number of nitrogens with one attached hydrogen (secondary N) is 2. The first-order valence-electron chi connectivity index (χ1n) is 9.40. The molecule has 2 fully saturated rings. The van der Waals surface area contributed by atoms with E-state index < -0.39 is 0 Å². The summed E-state index contributed by atoms with van der Waals surface area (Å²) in [5, 5.41) is 11.9. The molecule has 1 aromatic heterocycles. The summed E-state index contributed by atoms with van der Waals surface area (Å²) in [5.74, 6) is 1.69. The molecular weight excluding hydrogens is 340 g/mol. The number of nitrogens with zero attached hydrogens (tertiary/aromatic N) is 4. The Morgan fingerprint density at radius 1 is 1.33 bits per heavy atom. The van der Waals surface area contributed by atoms with Gasteiger partial charge in [-0.3, -0.25) is 10.1 Å². The highest BCUT2D eigenvalue weighted by molar-refractivity contribution is 6.15. The van der Waals surface area contributed by atoms with Crippen molar-refractivity contribution in [3.05, 3.63) is 35.8 Å². The third-order valence-corrected chi connectivity index (χ3v) is 5.21. The van der Waals surface area contributed by atoms with Crippen molar-refractivity contribution in [2.45, 2.75) is 25.4 Å². The SMILES string of the molecule is C=N/C(=C\C(=N/C)c1n[nH]c2ccc(OC3(C)CC3)cc12)N1CCNCC1. The fourth-order valence-corrected chi connectivity index (χ4v) is 3.31. The molecule has 0 spiro atoms. The Balaban J connectivity index is 1.67. The Labute approximate surface area is 159 Å². The first-order valence-corrected chi connectivity index (χ1v) is 9.40. The van der Waals surface area contributed by atoms with Gasteiger partial charge < -0.3 is 15.0 Å². The molecule has 0 atom stereocenters. The van der Waals surface area contributed by atoms with Crippen LogP contribution in [0.2, 0.25) is 0 Å². The normalized spacial score (nSPS) is 20.0. The van der Waals surface area contributed by atoms with Gasteiger partial charge in [0.05, 0.1) is 11.2 Å². The molecule has 2 aliphatic rings. The molecule has 2 heterocycles. The summed E-state index contributed by atoms with van der Waals surface area (Å²) in [7, 11) is 1.77. The molecule has 4 rings (SSSR count). The summed E-state index contributed by atoms with van der Waals surface area (Å²) in [5.41, 5.74) is 2.52. The summed E-state index contributed by atoms with van der Waals surface area (Å²) >= 11 is 0. The van der Waals surface area contributed by atoms with E-state index in [0.717, 1.165) is 72.9 Å². The molecule has 1 saturated carbocycles. The lowest BCUT2D eigenvalue weighted by molar-refractivity contribution is 0.200. The van der Waals surface area contributed by atoms with E-state index in [2.05, 4.69) is 44.0 Å². The Morgan fingerprint density at radius 2 is 2.11 bits per heavy atom. The van der Waals surface area contributed by atoms with Crippen molar-refractivity contribution in [2.24, 2.45) is 9.98 Å². The monoisotopic (exact) mass is 366 g/mol. The standard InChI is InChI=1S/C20H26N6O/c1-20(6-7-20)27-14-4-5-16-15(12-14)19(25-24-16)17(21-2)13-18(22-3)26-10-8-23-9-11-26/h4-5,12-13,23H,3,6-11H2,1-2H3,(H,24,25)/b18-13+,21-17+. The molecule has 1 aromatic carbocycles. The third-order valence-electron chi connectivity index (χ3n) is 5.21. The van der Waals surface area contributed by atoms with Crippen LogP contribution in [0.4, 0.5) is 0 Å². The van der Waals surface area contributed by atoms with Gasteiger partial charge in [-0.2, -0.15) is 5.10 Å². The first kappa shape index (κ1) is 17.7. The predicted octanol–water partition coefficient (Wildman–Crippen LogP) is 2.36. The van der Waals surface area contributed by atoms with Crippen LogP contribution in [0.1, 0.15) is 25.5 Å². The zero-order valence-corrected chi connectivity index (χ0v) is 16.0. The van der Waals surface area contributed by atoms with Gasteiger partial charge in [-0.05, 0) is 44.7 Å². The minimum atomic E-state index is -0.0125. The van der Waals surface area contributed by atoms with Crippen molar-refractivity contribution in [3.63, 3.8) is 0 Å². The fourth-order valence-electron chi connectivity index (χ4n) is 3.31. The van der Waals surface area contributed by atoms with Crippen LogP contribution >= 0.6 is 0 Å². The van der Waals surface area contributed by atoms with Gasteiger partial charge in [0, 0.05) is 44.7 Å². The van der Waals surface area contributed by atoms with E-state index in [1.54, 1.807) is 7.05 Å². The Kier molecular flexibility index (Phi) is 4.70. The number of fused-ring (bicyclic) bond motifs is 1. The molecule has 2 N–H and O–H groups in total. The number of H-pyrrole nitrogens is 1. The smallest absolute Gasteiger partial charge is 0.130 e. The summed E-state index contributed by atoms with van der Waals surface area (Å²) in [4.78, 5) is 10.9. The maximum absolute atomic E-state index is 6.12. The summed E-state index contributed by atoms with van der Waals surface area (Å²) in [6.45, 7) is 9.57. The molecule has 0 unspecified atom stereocenters. The van der Waals surface area contributed by atoms with Crippen LogP contribution in [0.3, 0.4) is 0 Å². The number of rotatable bonds is 6. The molecule has 1 saturated heterocycles. The van der Waals surface area contributed by atoms with Crippen LogP contribution < -0.4 is 10.1 Å². The van der Waals surface area contributed by atoms with Gasteiger partial charge in [-0.15, -0.1) is 0 Å². The number of aromatic nitrogens is 2. The van der Waals surface area contributed by atoms with Gasteiger partial charge in [0.1, 0.15) is 22.9 Å². The van der Waals surface area contributed by atoms with E-state index in [1.165, 1.54) is 0 Å². The molecule has 27 heavy (non-hydrogen) atoms. The van der Waals surface area contributed by atoms with Crippen LogP contribution in [0.15, 0.2) is 40.1 Å². The molecular formula is C20H26N6O. The van der Waals surface area contributed by atoms with Gasteiger partial charge in [-0.1, -0.05) is 0 Å². The Morgan fingerprint density at radius 3 is 2.78 bits per heavy atom. The van der Waals surface area contributed by atoms with Gasteiger partial charge >= 0.3 is 0 Å². The topological polar surface area (TPSA) is 77.9 Å². The minimum Gasteiger partial charge on any atom is -0.488 e. The van der Waals surface area contributed by atoms with E-state index in [4.69, 9.17) is 4.74 Å². The molecule has 0 amide bonds. The quantitative estimate of drug-likeness (QED) is 0.770. The lowest BCUT2D eigenvalue weighted by Crippen LogP contribution is -2.42. The second kappa shape index (κ2) is 7.15. The number of aromatic amines is 1. The van der Waals surface area contributed by atoms with Crippen molar-refractivity contribution in [1.29, 1.82) is 0 Å². The second-order valence-electron chi connectivity index (χ2n) is 7.34. The Hall–Kier alpha value is -2.67. The summed E-state index contributed by atoms with van der Waals surface area (Å²) < 4.78 is 6.12. The maximum Gasteiger partial charge on any atom is 0.130 e. The zero-order chi connectivity index (χ0) is 18.9. The lowest BCUT2D eigenvalue weighted by atomic mass is 10.1. The average molecular weight is 366 g/mol. The van der Waals surface area contributed by atoms with E-state index in [9.17, 15) is 0 Å². The fraction of sp³-hybridized carbons (Fsp3) is 0.450. The average Bonchev–Trinajstić information content (AvgIpc) is 3.27. The number of allylic oxidation sites excluding steroid dienone is 1. The molecule has 142 valence electrons. The van der Waals surface area contributed by atoms with Gasteiger partial charge in [-0.25, -0.2) is 4.99 Å². The van der Waals surface area contributed by atoms with Gasteiger partial charge in [0.2, 0.25) is 0 Å². The first-order chi connectivity index (χ1) is 13.1. The molecule has 1 aliphatic heterocycles. The number of hydrogen-bond donors (Lipinski definition) is 2. The molecule has 2 aromatic rings. The summed E-state index contributed by atoms with van der Waals surface area (Å²) in [6.07, 6.45) is 4.17. The highest BCUT2D eigenvalue weighted by Crippen LogP contribution is 2.40. The zero-order valence-electron chi connectivity index (χ0n) is 16.0. The molecule has 0 bridgehead atoms. The van der Waals surface area contributed by atoms with Crippen LogP contribution in [-0.4, -0.2) is 66.4 Å². The molecule has 0 radical (unpaired) electrons. The third kappa shape index (κ3) is 3.73. The number of ether oxygens (including phenoxy) is 1. The van der Waals surface area contributed by atoms with Crippen LogP contribution in [-0.2, 0) is 0 Å². The van der Waals surface area contributed by atoms with Crippen LogP contribution in [0, 0.1) is 0 Å². The van der Waals surface area contributed by atoms with E-state index in [0.29, 0.717) is 0 Å².